The van der Waals surface area contributed by atoms with E-state index in [-0.39, 0.29) is 12.3 Å². The minimum absolute atomic E-state index is 0.128. The molecule has 70 valence electrons. The molecule has 0 amide bonds. The van der Waals surface area contributed by atoms with Crippen LogP contribution in [0, 0.1) is 0 Å². The lowest BCUT2D eigenvalue weighted by molar-refractivity contribution is 0.0698. The van der Waals surface area contributed by atoms with Crippen LogP contribution < -0.4 is 5.32 Å². The topological polar surface area (TPSA) is 69.6 Å². The van der Waals surface area contributed by atoms with Crippen molar-refractivity contribution in [3.8, 4) is 0 Å². The van der Waals surface area contributed by atoms with Crippen molar-refractivity contribution in [2.45, 2.75) is 0 Å². The molecule has 0 aliphatic carbocycles. The highest BCUT2D eigenvalue weighted by Crippen LogP contribution is 2.20. The van der Waals surface area contributed by atoms with E-state index in [1.807, 2.05) is 0 Å². The molecular formula is C8H8BrNO3. The fourth-order valence-electron chi connectivity index (χ4n) is 0.933. The fraction of sp³-hybridized carbons (Fsp3) is 0.125. The number of hydrogen-bond donors (Lipinski definition) is 3. The third kappa shape index (κ3) is 2.43. The smallest absolute Gasteiger partial charge is 0.337 e. The van der Waals surface area contributed by atoms with Crippen molar-refractivity contribution < 1.29 is 15.0 Å². The first-order valence-corrected chi connectivity index (χ1v) is 4.32. The van der Waals surface area contributed by atoms with Crippen molar-refractivity contribution >= 4 is 27.6 Å². The van der Waals surface area contributed by atoms with Crippen molar-refractivity contribution in [1.82, 2.24) is 0 Å². The van der Waals surface area contributed by atoms with Crippen LogP contribution in [0.1, 0.15) is 10.4 Å². The van der Waals surface area contributed by atoms with Crippen LogP contribution in [0.4, 0.5) is 5.69 Å². The highest BCUT2D eigenvalue weighted by molar-refractivity contribution is 9.10. The number of benzene rings is 1. The highest BCUT2D eigenvalue weighted by Gasteiger charge is 2.09. The normalized spacial score (nSPS) is 9.69. The highest BCUT2D eigenvalue weighted by atomic mass is 79.9. The van der Waals surface area contributed by atoms with Crippen LogP contribution in [0.15, 0.2) is 22.7 Å². The molecule has 1 rings (SSSR count). The van der Waals surface area contributed by atoms with Gasteiger partial charge in [-0.25, -0.2) is 4.79 Å². The lowest BCUT2D eigenvalue weighted by Crippen LogP contribution is -2.06. The predicted molar refractivity (Wildman–Crippen MR) is 51.8 cm³/mol. The molecule has 3 N–H and O–H groups in total. The zero-order valence-corrected chi connectivity index (χ0v) is 8.21. The molecule has 0 saturated heterocycles. The number of halogens is 1. The van der Waals surface area contributed by atoms with Crippen molar-refractivity contribution in [3.05, 3.63) is 28.2 Å². The molecule has 0 radical (unpaired) electrons. The molecule has 13 heavy (non-hydrogen) atoms. The van der Waals surface area contributed by atoms with Gasteiger partial charge in [0.25, 0.3) is 0 Å². The molecule has 1 aromatic carbocycles. The third-order valence-electron chi connectivity index (χ3n) is 1.48. The number of carbonyl (C=O) groups is 1. The van der Waals surface area contributed by atoms with Crippen LogP contribution in [0.2, 0.25) is 0 Å². The van der Waals surface area contributed by atoms with E-state index < -0.39 is 5.97 Å². The molecule has 0 spiro atoms. The van der Waals surface area contributed by atoms with Crippen molar-refractivity contribution in [3.63, 3.8) is 0 Å². The van der Waals surface area contributed by atoms with Crippen molar-refractivity contribution in [2.75, 3.05) is 12.0 Å². The Bertz CT molecular complexity index is 327. The van der Waals surface area contributed by atoms with Gasteiger partial charge in [0, 0.05) is 4.47 Å². The van der Waals surface area contributed by atoms with Gasteiger partial charge < -0.3 is 15.5 Å². The summed E-state index contributed by atoms with van der Waals surface area (Å²) >= 11 is 3.16. The zero-order valence-electron chi connectivity index (χ0n) is 6.62. The molecule has 0 saturated carbocycles. The molecule has 0 atom stereocenters. The largest absolute Gasteiger partial charge is 0.478 e. The average Bonchev–Trinajstić information content (AvgIpc) is 2.08. The Morgan fingerprint density at radius 2 is 2.23 bits per heavy atom. The van der Waals surface area contributed by atoms with Gasteiger partial charge in [0.1, 0.15) is 6.73 Å². The Balaban J connectivity index is 3.10. The Labute approximate surface area is 83.3 Å². The lowest BCUT2D eigenvalue weighted by atomic mass is 10.2. The molecule has 0 unspecified atom stereocenters. The van der Waals surface area contributed by atoms with E-state index in [0.29, 0.717) is 10.2 Å². The van der Waals surface area contributed by atoms with E-state index >= 15 is 0 Å². The first-order chi connectivity index (χ1) is 6.15. The predicted octanol–water partition coefficient (Wildman–Crippen LogP) is 1.51. The monoisotopic (exact) mass is 245 g/mol. The maximum Gasteiger partial charge on any atom is 0.337 e. The number of nitrogens with one attached hydrogen (secondary N) is 1. The SMILES string of the molecule is O=C(O)c1cc(Br)ccc1NCO. The standard InChI is InChI=1S/C8H8BrNO3/c9-5-1-2-7(10-4-11)6(3-5)8(12)13/h1-3,10-11H,4H2,(H,12,13). The minimum atomic E-state index is -1.03. The summed E-state index contributed by atoms with van der Waals surface area (Å²) < 4.78 is 0.688. The summed E-state index contributed by atoms with van der Waals surface area (Å²) in [5.74, 6) is -1.03. The first-order valence-electron chi connectivity index (χ1n) is 3.52. The van der Waals surface area contributed by atoms with Gasteiger partial charge in [-0.2, -0.15) is 0 Å². The molecule has 0 bridgehead atoms. The van der Waals surface area contributed by atoms with Gasteiger partial charge in [-0.3, -0.25) is 0 Å². The lowest BCUT2D eigenvalue weighted by Gasteiger charge is -2.06. The number of aliphatic hydroxyl groups is 1. The van der Waals surface area contributed by atoms with Gasteiger partial charge in [0.05, 0.1) is 11.3 Å². The van der Waals surface area contributed by atoms with Crippen LogP contribution in [0.25, 0.3) is 0 Å². The maximum atomic E-state index is 10.7. The van der Waals surface area contributed by atoms with Gasteiger partial charge in [-0.1, -0.05) is 15.9 Å². The average molecular weight is 246 g/mol. The second-order valence-electron chi connectivity index (χ2n) is 2.33. The van der Waals surface area contributed by atoms with Crippen molar-refractivity contribution in [2.24, 2.45) is 0 Å². The van der Waals surface area contributed by atoms with Gasteiger partial charge in [-0.15, -0.1) is 0 Å². The summed E-state index contributed by atoms with van der Waals surface area (Å²) in [6.07, 6.45) is 0. The molecule has 5 heteroatoms. The number of aromatic carboxylic acids is 1. The second-order valence-corrected chi connectivity index (χ2v) is 3.25. The Kier molecular flexibility index (Phi) is 3.27. The number of aliphatic hydroxyl groups excluding tert-OH is 1. The van der Waals surface area contributed by atoms with Crippen LogP contribution >= 0.6 is 15.9 Å². The quantitative estimate of drug-likeness (QED) is 0.707. The third-order valence-corrected chi connectivity index (χ3v) is 1.97. The maximum absolute atomic E-state index is 10.7. The van der Waals surface area contributed by atoms with E-state index in [9.17, 15) is 4.79 Å². The Morgan fingerprint density at radius 1 is 1.54 bits per heavy atom. The number of anilines is 1. The second kappa shape index (κ2) is 4.25. The molecule has 4 nitrogen and oxygen atoms in total. The zero-order chi connectivity index (χ0) is 9.84. The summed E-state index contributed by atoms with van der Waals surface area (Å²) in [5.41, 5.74) is 0.529. The summed E-state index contributed by atoms with van der Waals surface area (Å²) in [4.78, 5) is 10.7. The van der Waals surface area contributed by atoms with E-state index in [1.165, 1.54) is 6.07 Å². The summed E-state index contributed by atoms with van der Waals surface area (Å²) in [7, 11) is 0. The fourth-order valence-corrected chi connectivity index (χ4v) is 1.29. The van der Waals surface area contributed by atoms with E-state index in [1.54, 1.807) is 12.1 Å². The first kappa shape index (κ1) is 10.0. The van der Waals surface area contributed by atoms with E-state index in [4.69, 9.17) is 10.2 Å². The summed E-state index contributed by atoms with van der Waals surface area (Å²) in [6.45, 7) is -0.290. The number of hydrogen-bond acceptors (Lipinski definition) is 3. The van der Waals surface area contributed by atoms with Crippen LogP contribution in [-0.2, 0) is 0 Å². The summed E-state index contributed by atoms with van der Waals surface area (Å²) in [6, 6.07) is 4.76. The van der Waals surface area contributed by atoms with Gasteiger partial charge >= 0.3 is 5.97 Å². The Morgan fingerprint density at radius 3 is 2.77 bits per heavy atom. The number of carboxylic acid groups (broad SMARTS) is 1. The van der Waals surface area contributed by atoms with Gasteiger partial charge in [0.15, 0.2) is 0 Å². The van der Waals surface area contributed by atoms with E-state index in [0.717, 1.165) is 0 Å². The van der Waals surface area contributed by atoms with E-state index in [2.05, 4.69) is 21.2 Å². The van der Waals surface area contributed by atoms with Gasteiger partial charge in [-0.05, 0) is 18.2 Å². The van der Waals surface area contributed by atoms with Crippen molar-refractivity contribution in [1.29, 1.82) is 0 Å². The summed E-state index contributed by atoms with van der Waals surface area (Å²) in [5, 5.41) is 19.9. The molecule has 0 aromatic heterocycles. The molecule has 0 aliphatic rings. The van der Waals surface area contributed by atoms with Crippen LogP contribution in [0.3, 0.4) is 0 Å². The van der Waals surface area contributed by atoms with Crippen LogP contribution in [0.5, 0.6) is 0 Å². The number of carboxylic acids is 1. The molecule has 0 heterocycles. The Hall–Kier alpha value is -1.07. The van der Waals surface area contributed by atoms with Gasteiger partial charge in [0.2, 0.25) is 0 Å². The molecule has 0 fully saturated rings. The number of rotatable bonds is 3. The minimum Gasteiger partial charge on any atom is -0.478 e. The molecule has 1 aromatic rings. The molecular weight excluding hydrogens is 238 g/mol. The molecule has 0 aliphatic heterocycles. The van der Waals surface area contributed by atoms with Crippen LogP contribution in [-0.4, -0.2) is 22.9 Å².